The van der Waals surface area contributed by atoms with E-state index in [0.717, 1.165) is 18.4 Å². The summed E-state index contributed by atoms with van der Waals surface area (Å²) in [4.78, 5) is 22.3. The van der Waals surface area contributed by atoms with E-state index >= 15 is 0 Å². The second kappa shape index (κ2) is 8.46. The molecule has 0 unspecified atom stereocenters. The lowest BCUT2D eigenvalue weighted by Gasteiger charge is -2.31. The highest BCUT2D eigenvalue weighted by atomic mass is 16.5. The number of piperidine rings is 1. The fraction of sp³-hybridized carbons (Fsp3) is 0.474. The molecule has 0 atom stereocenters. The summed E-state index contributed by atoms with van der Waals surface area (Å²) in [6.07, 6.45) is 6.45. The predicted molar refractivity (Wildman–Crippen MR) is 108 cm³/mol. The number of likely N-dealkylation sites (tertiary alicyclic amines) is 1. The van der Waals surface area contributed by atoms with Crippen molar-refractivity contribution >= 4 is 22.8 Å². The molecule has 3 aromatic rings. The van der Waals surface area contributed by atoms with Crippen LogP contribution in [0.15, 0.2) is 18.7 Å². The zero-order chi connectivity index (χ0) is 21.1. The van der Waals surface area contributed by atoms with Gasteiger partial charge in [0.25, 0.3) is 0 Å². The van der Waals surface area contributed by atoms with Crippen molar-refractivity contribution in [2.45, 2.75) is 31.8 Å². The SMILES string of the molecule is COCCn1cc(-c2nn(C3CCN(C(=O)CC#N)CC3)c3ncnc(N)c23)cn1. The van der Waals surface area contributed by atoms with Crippen LogP contribution in [0.25, 0.3) is 22.3 Å². The largest absolute Gasteiger partial charge is 0.383 e. The fourth-order valence-electron chi connectivity index (χ4n) is 3.78. The molecule has 1 fully saturated rings. The van der Waals surface area contributed by atoms with Crippen molar-refractivity contribution in [3.05, 3.63) is 18.7 Å². The van der Waals surface area contributed by atoms with E-state index in [4.69, 9.17) is 20.8 Å². The number of hydrogen-bond acceptors (Lipinski definition) is 8. The number of fused-ring (bicyclic) bond motifs is 1. The van der Waals surface area contributed by atoms with Crippen LogP contribution in [0.5, 0.6) is 0 Å². The number of aromatic nitrogens is 6. The topological polar surface area (TPSA) is 141 Å². The van der Waals surface area contributed by atoms with Gasteiger partial charge >= 0.3 is 0 Å². The van der Waals surface area contributed by atoms with Crippen molar-refractivity contribution in [1.82, 2.24) is 34.4 Å². The van der Waals surface area contributed by atoms with Gasteiger partial charge in [-0.15, -0.1) is 0 Å². The van der Waals surface area contributed by atoms with Crippen LogP contribution < -0.4 is 5.73 Å². The highest BCUT2D eigenvalue weighted by molar-refractivity contribution is 5.98. The van der Waals surface area contributed by atoms with E-state index in [1.54, 1.807) is 22.9 Å². The molecule has 1 aliphatic heterocycles. The Morgan fingerprint density at radius 1 is 1.37 bits per heavy atom. The molecule has 11 heteroatoms. The Balaban J connectivity index is 1.64. The van der Waals surface area contributed by atoms with Crippen LogP contribution in [0.2, 0.25) is 0 Å². The van der Waals surface area contributed by atoms with Gasteiger partial charge in [-0.05, 0) is 12.8 Å². The third kappa shape index (κ3) is 3.69. The Labute approximate surface area is 173 Å². The number of carbonyl (C=O) groups is 1. The smallest absolute Gasteiger partial charge is 0.236 e. The highest BCUT2D eigenvalue weighted by Gasteiger charge is 2.28. The van der Waals surface area contributed by atoms with Gasteiger partial charge in [0.05, 0.1) is 36.8 Å². The minimum atomic E-state index is -0.128. The molecule has 30 heavy (non-hydrogen) atoms. The maximum atomic E-state index is 12.0. The van der Waals surface area contributed by atoms with Crippen LogP contribution in [0.3, 0.4) is 0 Å². The Bertz CT molecular complexity index is 1090. The predicted octanol–water partition coefficient (Wildman–Crippen LogP) is 0.996. The molecule has 4 rings (SSSR count). The fourth-order valence-corrected chi connectivity index (χ4v) is 3.78. The van der Waals surface area contributed by atoms with E-state index in [0.29, 0.717) is 48.8 Å². The van der Waals surface area contributed by atoms with Gasteiger partial charge in [-0.1, -0.05) is 0 Å². The maximum absolute atomic E-state index is 12.0. The molecule has 0 bridgehead atoms. The van der Waals surface area contributed by atoms with Gasteiger partial charge in [0.15, 0.2) is 5.65 Å². The Morgan fingerprint density at radius 3 is 2.90 bits per heavy atom. The first-order valence-corrected chi connectivity index (χ1v) is 9.77. The molecule has 4 heterocycles. The van der Waals surface area contributed by atoms with E-state index in [1.165, 1.54) is 6.33 Å². The number of nitriles is 1. The number of ether oxygens (including phenoxy) is 1. The van der Waals surface area contributed by atoms with Crippen LogP contribution in [-0.4, -0.2) is 67.1 Å². The molecule has 0 radical (unpaired) electrons. The Morgan fingerprint density at radius 2 is 2.17 bits per heavy atom. The Kier molecular flexibility index (Phi) is 5.58. The third-order valence-electron chi connectivity index (χ3n) is 5.34. The van der Waals surface area contributed by atoms with E-state index < -0.39 is 0 Å². The highest BCUT2D eigenvalue weighted by Crippen LogP contribution is 2.33. The molecule has 1 amide bonds. The molecule has 0 aromatic carbocycles. The zero-order valence-electron chi connectivity index (χ0n) is 16.7. The van der Waals surface area contributed by atoms with E-state index in [2.05, 4.69) is 15.1 Å². The number of anilines is 1. The molecule has 2 N–H and O–H groups in total. The van der Waals surface area contributed by atoms with Gasteiger partial charge < -0.3 is 15.4 Å². The first-order valence-electron chi connectivity index (χ1n) is 9.77. The van der Waals surface area contributed by atoms with E-state index in [-0.39, 0.29) is 18.4 Å². The minimum Gasteiger partial charge on any atom is -0.383 e. The van der Waals surface area contributed by atoms with Crippen LogP contribution in [-0.2, 0) is 16.1 Å². The molecule has 0 spiro atoms. The van der Waals surface area contributed by atoms with Crippen molar-refractivity contribution in [2.24, 2.45) is 0 Å². The number of nitrogens with two attached hydrogens (primary N) is 1. The van der Waals surface area contributed by atoms with Crippen LogP contribution in [0, 0.1) is 11.3 Å². The van der Waals surface area contributed by atoms with Gasteiger partial charge in [-0.2, -0.15) is 15.5 Å². The molecular formula is C19H23N9O2. The van der Waals surface area contributed by atoms with Gasteiger partial charge in [-0.25, -0.2) is 14.6 Å². The molecule has 1 aliphatic rings. The lowest BCUT2D eigenvalue weighted by molar-refractivity contribution is -0.131. The van der Waals surface area contributed by atoms with Crippen molar-refractivity contribution in [1.29, 1.82) is 5.26 Å². The van der Waals surface area contributed by atoms with E-state index in [1.807, 2.05) is 16.9 Å². The molecule has 0 saturated carbocycles. The lowest BCUT2D eigenvalue weighted by Crippen LogP contribution is -2.39. The minimum absolute atomic E-state index is 0.0743. The molecule has 1 saturated heterocycles. The summed E-state index contributed by atoms with van der Waals surface area (Å²) in [7, 11) is 1.65. The monoisotopic (exact) mass is 409 g/mol. The van der Waals surface area contributed by atoms with Crippen molar-refractivity contribution in [2.75, 3.05) is 32.5 Å². The summed E-state index contributed by atoms with van der Waals surface area (Å²) in [6.45, 7) is 2.36. The van der Waals surface area contributed by atoms with Gasteiger partial charge in [0.2, 0.25) is 5.91 Å². The number of methoxy groups -OCH3 is 1. The molecule has 0 aliphatic carbocycles. The summed E-state index contributed by atoms with van der Waals surface area (Å²) < 4.78 is 8.79. The number of nitrogens with zero attached hydrogens (tertiary/aromatic N) is 8. The average Bonchev–Trinajstić information content (AvgIpc) is 3.38. The standard InChI is InChI=1S/C19H23N9O2/c1-30-9-8-27-11-13(10-24-27)17-16-18(21)22-12-23-19(16)28(25-17)14-3-6-26(7-4-14)15(29)2-5-20/h10-12,14H,2-4,6-9H2,1H3,(H2,21,22,23). The van der Waals surface area contributed by atoms with Gasteiger partial charge in [-0.3, -0.25) is 9.48 Å². The van der Waals surface area contributed by atoms with E-state index in [9.17, 15) is 4.79 Å². The first kappa shape index (κ1) is 19.8. The van der Waals surface area contributed by atoms with Gasteiger partial charge in [0, 0.05) is 32.0 Å². The first-order chi connectivity index (χ1) is 14.6. The van der Waals surface area contributed by atoms with Crippen LogP contribution >= 0.6 is 0 Å². The molecule has 3 aromatic heterocycles. The summed E-state index contributed by atoms with van der Waals surface area (Å²) >= 11 is 0. The number of amides is 1. The van der Waals surface area contributed by atoms with Crippen molar-refractivity contribution < 1.29 is 9.53 Å². The maximum Gasteiger partial charge on any atom is 0.236 e. The summed E-state index contributed by atoms with van der Waals surface area (Å²) in [5.74, 6) is 0.240. The number of hydrogen-bond donors (Lipinski definition) is 1. The summed E-state index contributed by atoms with van der Waals surface area (Å²) in [5, 5.41) is 18.7. The van der Waals surface area contributed by atoms with Crippen LogP contribution in [0.4, 0.5) is 5.82 Å². The molecule has 11 nitrogen and oxygen atoms in total. The number of nitrogen functional groups attached to an aromatic ring is 1. The number of rotatable bonds is 6. The average molecular weight is 409 g/mol. The summed E-state index contributed by atoms with van der Waals surface area (Å²) in [6, 6.07) is 1.99. The normalized spacial score (nSPS) is 14.9. The zero-order valence-corrected chi connectivity index (χ0v) is 16.7. The molecule has 156 valence electrons. The molecular weight excluding hydrogens is 386 g/mol. The van der Waals surface area contributed by atoms with Crippen molar-refractivity contribution in [3.63, 3.8) is 0 Å². The lowest BCUT2D eigenvalue weighted by atomic mass is 10.0. The third-order valence-corrected chi connectivity index (χ3v) is 5.34. The second-order valence-corrected chi connectivity index (χ2v) is 7.18. The second-order valence-electron chi connectivity index (χ2n) is 7.18. The quantitative estimate of drug-likeness (QED) is 0.635. The number of carbonyl (C=O) groups excluding carboxylic acids is 1. The van der Waals surface area contributed by atoms with Gasteiger partial charge in [0.1, 0.15) is 24.3 Å². The van der Waals surface area contributed by atoms with Crippen molar-refractivity contribution in [3.8, 4) is 17.3 Å². The van der Waals surface area contributed by atoms with Crippen LogP contribution in [0.1, 0.15) is 25.3 Å². The summed E-state index contributed by atoms with van der Waals surface area (Å²) in [5.41, 5.74) is 8.38. The Hall–Kier alpha value is -3.52.